The minimum absolute atomic E-state index is 0.102. The van der Waals surface area contributed by atoms with Crippen LogP contribution in [0.2, 0.25) is 0 Å². The summed E-state index contributed by atoms with van der Waals surface area (Å²) in [5.74, 6) is 0.344. The molecule has 1 N–H and O–H groups in total. The smallest absolute Gasteiger partial charge is 0.305 e. The number of benzene rings is 2. The van der Waals surface area contributed by atoms with Gasteiger partial charge in [-0.25, -0.2) is 4.39 Å². The van der Waals surface area contributed by atoms with E-state index in [1.807, 2.05) is 0 Å². The van der Waals surface area contributed by atoms with Gasteiger partial charge < -0.3 is 19.6 Å². The molecule has 0 aromatic heterocycles. The molecule has 2 aromatic carbocycles. The summed E-state index contributed by atoms with van der Waals surface area (Å²) in [4.78, 5) is 15.5. The number of carboxylic acid groups (broad SMARTS) is 1. The van der Waals surface area contributed by atoms with Crippen molar-refractivity contribution in [2.24, 2.45) is 5.92 Å². The Morgan fingerprint density at radius 1 is 1.10 bits per heavy atom. The average Bonchev–Trinajstić information content (AvgIpc) is 3.23. The number of piperidine rings is 1. The van der Waals surface area contributed by atoms with Gasteiger partial charge >= 0.3 is 5.97 Å². The third-order valence-corrected chi connectivity index (χ3v) is 6.69. The Bertz CT molecular complexity index is 894. The van der Waals surface area contributed by atoms with Crippen molar-refractivity contribution >= 4 is 17.3 Å². The van der Waals surface area contributed by atoms with E-state index in [0.29, 0.717) is 17.4 Å². The molecule has 2 aromatic rings. The fourth-order valence-electron chi connectivity index (χ4n) is 4.99. The summed E-state index contributed by atoms with van der Waals surface area (Å²) in [7, 11) is 1.60. The molecule has 2 heterocycles. The molecule has 166 valence electrons. The van der Waals surface area contributed by atoms with Gasteiger partial charge in [0.15, 0.2) is 0 Å². The maximum atomic E-state index is 14.3. The molecule has 0 radical (unpaired) electrons. The zero-order chi connectivity index (χ0) is 21.8. The number of carboxylic acids is 1. The second-order valence-electron chi connectivity index (χ2n) is 8.71. The lowest BCUT2D eigenvalue weighted by molar-refractivity contribution is -0.137. The van der Waals surface area contributed by atoms with Gasteiger partial charge in [-0.15, -0.1) is 0 Å². The van der Waals surface area contributed by atoms with Crippen LogP contribution in [0.1, 0.15) is 37.7 Å². The molecule has 0 bridgehead atoms. The predicted molar refractivity (Wildman–Crippen MR) is 121 cm³/mol. The molecule has 0 saturated carbocycles. The van der Waals surface area contributed by atoms with Crippen LogP contribution in [-0.2, 0) is 11.2 Å². The van der Waals surface area contributed by atoms with Gasteiger partial charge in [-0.05, 0) is 67.9 Å². The number of carbonyl (C=O) groups is 1. The fourth-order valence-corrected chi connectivity index (χ4v) is 4.99. The molecule has 0 aliphatic carbocycles. The van der Waals surface area contributed by atoms with Crippen LogP contribution in [-0.4, -0.2) is 43.9 Å². The minimum atomic E-state index is -0.728. The highest BCUT2D eigenvalue weighted by atomic mass is 19.1. The lowest BCUT2D eigenvalue weighted by Gasteiger charge is -2.34. The van der Waals surface area contributed by atoms with Crippen molar-refractivity contribution in [1.29, 1.82) is 0 Å². The van der Waals surface area contributed by atoms with E-state index < -0.39 is 5.97 Å². The van der Waals surface area contributed by atoms with Crippen molar-refractivity contribution < 1.29 is 19.0 Å². The molecule has 2 aliphatic rings. The van der Waals surface area contributed by atoms with E-state index in [0.717, 1.165) is 57.4 Å². The maximum Gasteiger partial charge on any atom is 0.305 e. The predicted octanol–water partition coefficient (Wildman–Crippen LogP) is 4.74. The van der Waals surface area contributed by atoms with Gasteiger partial charge in [0.05, 0.1) is 19.2 Å². The van der Waals surface area contributed by atoms with E-state index in [4.69, 9.17) is 9.84 Å². The van der Waals surface area contributed by atoms with Crippen molar-refractivity contribution in [2.45, 2.75) is 44.6 Å². The quantitative estimate of drug-likeness (QED) is 0.693. The lowest BCUT2D eigenvalue weighted by Crippen LogP contribution is -2.34. The van der Waals surface area contributed by atoms with Gasteiger partial charge in [-0.2, -0.15) is 0 Å². The highest BCUT2D eigenvalue weighted by Gasteiger charge is 2.27. The zero-order valence-electron chi connectivity index (χ0n) is 18.1. The van der Waals surface area contributed by atoms with Gasteiger partial charge in [0.25, 0.3) is 0 Å². The first-order chi connectivity index (χ1) is 15.0. The molecule has 2 aliphatic heterocycles. The van der Waals surface area contributed by atoms with Crippen molar-refractivity contribution in [3.8, 4) is 5.75 Å². The van der Waals surface area contributed by atoms with Gasteiger partial charge in [-0.3, -0.25) is 4.79 Å². The molecule has 6 heteroatoms. The summed E-state index contributed by atoms with van der Waals surface area (Å²) in [6, 6.07) is 13.6. The Labute approximate surface area is 183 Å². The zero-order valence-corrected chi connectivity index (χ0v) is 18.1. The fraction of sp³-hybridized carbons (Fsp3) is 0.480. The van der Waals surface area contributed by atoms with Crippen LogP contribution >= 0.6 is 0 Å². The number of halogens is 1. The number of anilines is 2. The van der Waals surface area contributed by atoms with Crippen LogP contribution in [0.3, 0.4) is 0 Å². The third-order valence-electron chi connectivity index (χ3n) is 6.69. The normalized spacial score (nSPS) is 19.6. The standard InChI is InChI=1S/C25H31FN2O3/c1-31-22-8-9-23(26)24(17-22)27-13-10-19(11-14-27)15-18-4-6-20(7-5-18)28-12-2-3-21(28)16-25(29)30/h4-9,17,19,21H,2-3,10-16H2,1H3,(H,29,30)/t21-/m1/s1. The maximum absolute atomic E-state index is 14.3. The number of methoxy groups -OCH3 is 1. The number of hydrogen-bond donors (Lipinski definition) is 1. The topological polar surface area (TPSA) is 53.0 Å². The summed E-state index contributed by atoms with van der Waals surface area (Å²) >= 11 is 0. The van der Waals surface area contributed by atoms with Gasteiger partial charge in [-0.1, -0.05) is 12.1 Å². The summed E-state index contributed by atoms with van der Waals surface area (Å²) < 4.78 is 19.5. The molecule has 31 heavy (non-hydrogen) atoms. The number of hydrogen-bond acceptors (Lipinski definition) is 4. The first-order valence-electron chi connectivity index (χ1n) is 11.2. The third kappa shape index (κ3) is 5.12. The number of rotatable bonds is 7. The molecule has 2 fully saturated rings. The van der Waals surface area contributed by atoms with Gasteiger partial charge in [0.1, 0.15) is 11.6 Å². The van der Waals surface area contributed by atoms with Crippen molar-refractivity contribution in [3.63, 3.8) is 0 Å². The number of ether oxygens (including phenoxy) is 1. The molecule has 1 atom stereocenters. The first kappa shape index (κ1) is 21.5. The Morgan fingerprint density at radius 2 is 1.84 bits per heavy atom. The Balaban J connectivity index is 1.32. The molecule has 2 saturated heterocycles. The van der Waals surface area contributed by atoms with E-state index in [1.54, 1.807) is 19.2 Å². The van der Waals surface area contributed by atoms with Crippen LogP contribution in [0, 0.1) is 11.7 Å². The lowest BCUT2D eigenvalue weighted by atomic mass is 9.90. The number of nitrogens with zero attached hydrogens (tertiary/aromatic N) is 2. The van der Waals surface area contributed by atoms with Crippen LogP contribution in [0.15, 0.2) is 42.5 Å². The monoisotopic (exact) mass is 426 g/mol. The second kappa shape index (κ2) is 9.58. The highest BCUT2D eigenvalue weighted by Crippen LogP contribution is 2.31. The average molecular weight is 427 g/mol. The SMILES string of the molecule is COc1ccc(F)c(N2CCC(Cc3ccc(N4CCC[C@@H]4CC(=O)O)cc3)CC2)c1. The Morgan fingerprint density at radius 3 is 2.52 bits per heavy atom. The minimum Gasteiger partial charge on any atom is -0.497 e. The summed E-state index contributed by atoms with van der Waals surface area (Å²) in [5.41, 5.74) is 3.06. The Hall–Kier alpha value is -2.76. The van der Waals surface area contributed by atoms with Crippen molar-refractivity contribution in [1.82, 2.24) is 0 Å². The highest BCUT2D eigenvalue weighted by molar-refractivity contribution is 5.69. The van der Waals surface area contributed by atoms with Gasteiger partial charge in [0.2, 0.25) is 0 Å². The van der Waals surface area contributed by atoms with Crippen LogP contribution in [0.25, 0.3) is 0 Å². The molecule has 0 amide bonds. The summed E-state index contributed by atoms with van der Waals surface area (Å²) in [6.07, 6.45) is 5.28. The second-order valence-corrected chi connectivity index (χ2v) is 8.71. The van der Waals surface area contributed by atoms with E-state index in [9.17, 15) is 9.18 Å². The van der Waals surface area contributed by atoms with E-state index in [-0.39, 0.29) is 18.3 Å². The first-order valence-corrected chi connectivity index (χ1v) is 11.2. The van der Waals surface area contributed by atoms with Crippen LogP contribution < -0.4 is 14.5 Å². The molecular weight excluding hydrogens is 395 g/mol. The van der Waals surface area contributed by atoms with E-state index in [2.05, 4.69) is 34.1 Å². The van der Waals surface area contributed by atoms with Gasteiger partial charge in [0, 0.05) is 37.4 Å². The largest absolute Gasteiger partial charge is 0.497 e. The summed E-state index contributed by atoms with van der Waals surface area (Å²) in [5, 5.41) is 9.14. The molecule has 4 rings (SSSR count). The Kier molecular flexibility index (Phi) is 6.64. The molecule has 0 unspecified atom stereocenters. The number of aliphatic carboxylic acids is 1. The summed E-state index contributed by atoms with van der Waals surface area (Å²) in [6.45, 7) is 2.62. The van der Waals surface area contributed by atoms with E-state index in [1.165, 1.54) is 11.6 Å². The molecule has 5 nitrogen and oxygen atoms in total. The molecule has 0 spiro atoms. The van der Waals surface area contributed by atoms with Crippen LogP contribution in [0.4, 0.5) is 15.8 Å². The van der Waals surface area contributed by atoms with Crippen molar-refractivity contribution in [2.75, 3.05) is 36.5 Å². The van der Waals surface area contributed by atoms with Crippen LogP contribution in [0.5, 0.6) is 5.75 Å². The molecular formula is C25H31FN2O3. The van der Waals surface area contributed by atoms with E-state index >= 15 is 0 Å². The van der Waals surface area contributed by atoms with Crippen molar-refractivity contribution in [3.05, 3.63) is 53.8 Å².